The molecule has 3 N–H and O–H groups in total. The van der Waals surface area contributed by atoms with Crippen molar-refractivity contribution in [2.45, 2.75) is 386 Å². The summed E-state index contributed by atoms with van der Waals surface area (Å²) in [5, 5.41) is 14.0. The second-order valence-electron chi connectivity index (χ2n) is 26.0. The molecule has 0 fully saturated rings. The van der Waals surface area contributed by atoms with Crippen molar-refractivity contribution in [3.05, 3.63) is 24.3 Å². The van der Waals surface area contributed by atoms with Crippen molar-refractivity contribution in [2.24, 2.45) is 0 Å². The highest BCUT2D eigenvalue weighted by Gasteiger charge is 2.28. The molecule has 0 aromatic heterocycles. The molecule has 80 heavy (non-hydrogen) atoms. The average Bonchev–Trinajstić information content (AvgIpc) is 3.42. The largest absolute Gasteiger partial charge is 0.472 e. The van der Waals surface area contributed by atoms with E-state index in [1.54, 1.807) is 6.08 Å². The van der Waals surface area contributed by atoms with Gasteiger partial charge in [0.25, 0.3) is 0 Å². The Balaban J connectivity index is 4.01. The van der Waals surface area contributed by atoms with Crippen LogP contribution in [0.1, 0.15) is 373 Å². The number of unbranched alkanes of at least 4 members (excludes halogenated alkanes) is 52. The number of phosphoric acid groups is 1. The van der Waals surface area contributed by atoms with Crippen molar-refractivity contribution in [1.29, 1.82) is 0 Å². The summed E-state index contributed by atoms with van der Waals surface area (Å²) in [7, 11) is 1.57. The number of allylic oxidation sites excluding steroid dienone is 3. The fourth-order valence-electron chi connectivity index (χ4n) is 11.1. The third-order valence-corrected chi connectivity index (χ3v) is 17.7. The van der Waals surface area contributed by atoms with Crippen LogP contribution in [-0.2, 0) is 18.4 Å². The average molecular weight is 1150 g/mol. The molecule has 0 radical (unpaired) electrons. The topological polar surface area (TPSA) is 105 Å². The highest BCUT2D eigenvalue weighted by atomic mass is 31.2. The maximum absolute atomic E-state index is 13.0. The molecule has 8 nitrogen and oxygen atoms in total. The Labute approximate surface area is 500 Å². The van der Waals surface area contributed by atoms with Crippen LogP contribution in [0.15, 0.2) is 24.3 Å². The van der Waals surface area contributed by atoms with Crippen LogP contribution in [0, 0.1) is 0 Å². The van der Waals surface area contributed by atoms with E-state index in [2.05, 4.69) is 31.3 Å². The summed E-state index contributed by atoms with van der Waals surface area (Å²) in [5.74, 6) is -0.178. The van der Waals surface area contributed by atoms with Crippen LogP contribution >= 0.6 is 7.82 Å². The standard InChI is InChI=1S/C71H141N2O6P/c1-6-8-10-12-14-16-18-20-22-24-26-28-30-32-33-34-35-36-37-38-39-40-41-43-45-47-49-51-53-55-57-59-61-63-65-71(75)72-69(68-79-80(76,77)78-67-66-73(3,4)5)70(74)64-62-60-58-56-54-52-50-48-46-44-42-31-29-27-25-23-21-19-17-15-13-11-9-7-2/h54,56,62,64,69-70,74H,6-53,55,57-61,63,65-68H2,1-5H3,(H-,72,75,76,77)/p+1/b56-54+,64-62+. The van der Waals surface area contributed by atoms with Crippen LogP contribution in [0.3, 0.4) is 0 Å². The molecule has 0 heterocycles. The van der Waals surface area contributed by atoms with Gasteiger partial charge in [0, 0.05) is 6.42 Å². The van der Waals surface area contributed by atoms with Crippen molar-refractivity contribution >= 4 is 13.7 Å². The van der Waals surface area contributed by atoms with E-state index in [1.165, 1.54) is 315 Å². The van der Waals surface area contributed by atoms with Crippen molar-refractivity contribution in [3.8, 4) is 0 Å². The third kappa shape index (κ3) is 64.5. The molecule has 3 unspecified atom stereocenters. The van der Waals surface area contributed by atoms with Gasteiger partial charge in [-0.05, 0) is 32.1 Å². The molecule has 3 atom stereocenters. The number of likely N-dealkylation sites (N-methyl/N-ethyl adjacent to an activating group) is 1. The predicted molar refractivity (Wildman–Crippen MR) is 351 cm³/mol. The van der Waals surface area contributed by atoms with Crippen LogP contribution in [0.2, 0.25) is 0 Å². The summed E-state index contributed by atoms with van der Waals surface area (Å²) in [4.78, 5) is 23.4. The lowest BCUT2D eigenvalue weighted by Crippen LogP contribution is -2.45. The number of hydrogen-bond donors (Lipinski definition) is 3. The van der Waals surface area contributed by atoms with Gasteiger partial charge in [-0.2, -0.15) is 0 Å². The number of nitrogens with zero attached hydrogens (tertiary/aromatic N) is 1. The summed E-state index contributed by atoms with van der Waals surface area (Å²) >= 11 is 0. The van der Waals surface area contributed by atoms with E-state index in [1.807, 2.05) is 27.2 Å². The van der Waals surface area contributed by atoms with Gasteiger partial charge < -0.3 is 19.8 Å². The fourth-order valence-corrected chi connectivity index (χ4v) is 11.9. The minimum absolute atomic E-state index is 0.0591. The zero-order chi connectivity index (χ0) is 58.4. The summed E-state index contributed by atoms with van der Waals surface area (Å²) in [6.07, 6.45) is 82.0. The molecule has 0 rings (SSSR count). The van der Waals surface area contributed by atoms with E-state index in [0.29, 0.717) is 17.4 Å². The smallest absolute Gasteiger partial charge is 0.387 e. The number of aliphatic hydroxyl groups is 1. The van der Waals surface area contributed by atoms with E-state index >= 15 is 0 Å². The van der Waals surface area contributed by atoms with Crippen LogP contribution in [0.5, 0.6) is 0 Å². The molecular weight excluding hydrogens is 1010 g/mol. The van der Waals surface area contributed by atoms with Gasteiger partial charge in [-0.1, -0.05) is 359 Å². The Bertz CT molecular complexity index is 1350. The molecule has 0 aromatic carbocycles. The van der Waals surface area contributed by atoms with Crippen LogP contribution in [0.4, 0.5) is 0 Å². The second kappa shape index (κ2) is 62.5. The number of amides is 1. The Kier molecular flexibility index (Phi) is 61.7. The van der Waals surface area contributed by atoms with Crippen molar-refractivity contribution < 1.29 is 32.9 Å². The quantitative estimate of drug-likeness (QED) is 0.0243. The molecule has 0 bridgehead atoms. The maximum Gasteiger partial charge on any atom is 0.472 e. The van der Waals surface area contributed by atoms with Gasteiger partial charge in [-0.25, -0.2) is 4.57 Å². The van der Waals surface area contributed by atoms with Gasteiger partial charge in [0.1, 0.15) is 13.2 Å². The Morgan fingerprint density at radius 3 is 1.00 bits per heavy atom. The van der Waals surface area contributed by atoms with Gasteiger partial charge in [0.2, 0.25) is 5.91 Å². The van der Waals surface area contributed by atoms with Gasteiger partial charge >= 0.3 is 7.82 Å². The Morgan fingerprint density at radius 2 is 0.688 bits per heavy atom. The van der Waals surface area contributed by atoms with E-state index in [4.69, 9.17) is 9.05 Å². The number of hydrogen-bond acceptors (Lipinski definition) is 5. The molecule has 0 spiro atoms. The van der Waals surface area contributed by atoms with Gasteiger partial charge in [-0.15, -0.1) is 0 Å². The fraction of sp³-hybridized carbons (Fsp3) is 0.930. The molecule has 9 heteroatoms. The highest BCUT2D eigenvalue weighted by Crippen LogP contribution is 2.43. The minimum atomic E-state index is -4.36. The lowest BCUT2D eigenvalue weighted by atomic mass is 10.0. The first kappa shape index (κ1) is 79.0. The van der Waals surface area contributed by atoms with E-state index < -0.39 is 20.0 Å². The van der Waals surface area contributed by atoms with Crippen LogP contribution in [0.25, 0.3) is 0 Å². The Hall–Kier alpha value is -1.02. The first-order chi connectivity index (χ1) is 39.0. The van der Waals surface area contributed by atoms with Crippen molar-refractivity contribution in [1.82, 2.24) is 5.32 Å². The van der Waals surface area contributed by atoms with Gasteiger partial charge in [0.05, 0.1) is 39.9 Å². The molecule has 1 amide bonds. The van der Waals surface area contributed by atoms with Gasteiger partial charge in [-0.3, -0.25) is 13.8 Å². The molecule has 0 aromatic rings. The van der Waals surface area contributed by atoms with E-state index in [9.17, 15) is 19.4 Å². The number of rotatable bonds is 67. The van der Waals surface area contributed by atoms with Gasteiger partial charge in [0.15, 0.2) is 0 Å². The zero-order valence-electron chi connectivity index (χ0n) is 54.6. The highest BCUT2D eigenvalue weighted by molar-refractivity contribution is 7.47. The number of phosphoric ester groups is 1. The van der Waals surface area contributed by atoms with Crippen LogP contribution < -0.4 is 5.32 Å². The molecule has 0 aliphatic carbocycles. The molecule has 0 aliphatic rings. The monoisotopic (exact) mass is 1150 g/mol. The first-order valence-electron chi connectivity index (χ1n) is 35.7. The van der Waals surface area contributed by atoms with E-state index in [0.717, 1.165) is 38.5 Å². The summed E-state index contributed by atoms with van der Waals surface area (Å²) in [5.41, 5.74) is 0. The predicted octanol–water partition coefficient (Wildman–Crippen LogP) is 22.7. The molecular formula is C71H142N2O6P+. The normalized spacial score (nSPS) is 13.7. The first-order valence-corrected chi connectivity index (χ1v) is 37.2. The third-order valence-electron chi connectivity index (χ3n) is 16.7. The lowest BCUT2D eigenvalue weighted by Gasteiger charge is -2.25. The molecule has 476 valence electrons. The lowest BCUT2D eigenvalue weighted by molar-refractivity contribution is -0.870. The minimum Gasteiger partial charge on any atom is -0.387 e. The van der Waals surface area contributed by atoms with Crippen LogP contribution in [-0.4, -0.2) is 73.4 Å². The number of aliphatic hydroxyl groups excluding tert-OH is 1. The second-order valence-corrected chi connectivity index (χ2v) is 27.4. The summed E-state index contributed by atoms with van der Waals surface area (Å²) in [6, 6.07) is -0.862. The SMILES string of the molecule is CCCCCCCCCCCCCCCCCCCC/C=C/CC/C=C/C(O)C(COP(=O)(O)OCC[N+](C)(C)C)NC(=O)CCCCCCCCCCCCCCCCCCCCCCCCCCCCCCCCCCCC. The number of carbonyl (C=O) groups excluding carboxylic acids is 1. The number of carbonyl (C=O) groups is 1. The number of quaternary nitrogens is 1. The Morgan fingerprint density at radius 1 is 0.412 bits per heavy atom. The molecule has 0 saturated carbocycles. The molecule has 0 aliphatic heterocycles. The van der Waals surface area contributed by atoms with E-state index in [-0.39, 0.29) is 19.1 Å². The summed E-state index contributed by atoms with van der Waals surface area (Å²) in [6.45, 7) is 4.86. The van der Waals surface area contributed by atoms with Crippen molar-refractivity contribution in [2.75, 3.05) is 40.9 Å². The number of nitrogens with one attached hydrogen (secondary N) is 1. The molecule has 0 saturated heterocycles. The van der Waals surface area contributed by atoms with Crippen molar-refractivity contribution in [3.63, 3.8) is 0 Å². The zero-order valence-corrected chi connectivity index (χ0v) is 55.5. The summed E-state index contributed by atoms with van der Waals surface area (Å²) < 4.78 is 23.8. The maximum atomic E-state index is 13.0.